The second-order valence-corrected chi connectivity index (χ2v) is 6.28. The van der Waals surface area contributed by atoms with Crippen molar-refractivity contribution in [3.8, 4) is 6.07 Å². The van der Waals surface area contributed by atoms with Gasteiger partial charge in [-0.15, -0.1) is 11.3 Å². The zero-order chi connectivity index (χ0) is 18.6. The zero-order valence-corrected chi connectivity index (χ0v) is 14.7. The van der Waals surface area contributed by atoms with Crippen LogP contribution in [0.3, 0.4) is 0 Å². The molecule has 0 amide bonds. The highest BCUT2D eigenvalue weighted by atomic mass is 35.5. The van der Waals surface area contributed by atoms with Crippen molar-refractivity contribution in [2.45, 2.75) is 13.5 Å². The van der Waals surface area contributed by atoms with Crippen molar-refractivity contribution in [1.82, 2.24) is 0 Å². The molecule has 2 rings (SSSR count). The van der Waals surface area contributed by atoms with E-state index >= 15 is 0 Å². The van der Waals surface area contributed by atoms with Crippen LogP contribution in [0.25, 0.3) is 0 Å². The van der Waals surface area contributed by atoms with Crippen LogP contribution >= 0.6 is 22.9 Å². The molecule has 0 saturated carbocycles. The van der Waals surface area contributed by atoms with Crippen LogP contribution < -0.4 is 11.5 Å². The van der Waals surface area contributed by atoms with Gasteiger partial charge in [0, 0.05) is 16.3 Å². The van der Waals surface area contributed by atoms with Gasteiger partial charge in [0.1, 0.15) is 22.6 Å². The smallest absolute Gasteiger partial charge is 0.348 e. The first kappa shape index (κ1) is 18.6. The average molecular weight is 380 g/mol. The highest BCUT2D eigenvalue weighted by molar-refractivity contribution is 7.18. The monoisotopic (exact) mass is 379 g/mol. The number of nitrogens with zero attached hydrogens (tertiary/aromatic N) is 1. The Balaban J connectivity index is 2.26. The van der Waals surface area contributed by atoms with Gasteiger partial charge >= 0.3 is 11.9 Å². The van der Waals surface area contributed by atoms with Crippen molar-refractivity contribution in [1.29, 1.82) is 5.26 Å². The van der Waals surface area contributed by atoms with Crippen LogP contribution in [0.15, 0.2) is 18.2 Å². The van der Waals surface area contributed by atoms with Crippen LogP contribution in [0, 0.1) is 11.3 Å². The Kier molecular flexibility index (Phi) is 5.85. The number of hydrogen-bond acceptors (Lipinski definition) is 8. The summed E-state index contributed by atoms with van der Waals surface area (Å²) in [6.07, 6.45) is 0. The van der Waals surface area contributed by atoms with E-state index < -0.39 is 11.9 Å². The third-order valence-corrected chi connectivity index (χ3v) is 4.46. The lowest BCUT2D eigenvalue weighted by Gasteiger charge is -2.08. The van der Waals surface area contributed by atoms with E-state index in [0.717, 1.165) is 11.3 Å². The van der Waals surface area contributed by atoms with Gasteiger partial charge in [0.25, 0.3) is 0 Å². The Morgan fingerprint density at radius 3 is 2.60 bits per heavy atom. The van der Waals surface area contributed by atoms with Crippen molar-refractivity contribution >= 4 is 45.6 Å². The van der Waals surface area contributed by atoms with Gasteiger partial charge in [-0.1, -0.05) is 11.6 Å². The van der Waals surface area contributed by atoms with E-state index in [4.69, 9.17) is 32.5 Å². The standard InChI is InChI=1S/C16H14ClN3O4S/c1-2-23-16(22)13-11(10(6-18)14(20)25-13)7-24-15(21)9-4-3-8(17)5-12(9)19/h3-5H,2,7,19-20H2,1H3. The van der Waals surface area contributed by atoms with E-state index in [-0.39, 0.29) is 45.5 Å². The molecule has 0 saturated heterocycles. The van der Waals surface area contributed by atoms with Crippen molar-refractivity contribution < 1.29 is 19.1 Å². The summed E-state index contributed by atoms with van der Waals surface area (Å²) in [4.78, 5) is 24.3. The molecule has 2 aromatic rings. The second kappa shape index (κ2) is 7.88. The molecule has 1 aromatic heterocycles. The van der Waals surface area contributed by atoms with E-state index in [2.05, 4.69) is 0 Å². The van der Waals surface area contributed by atoms with Gasteiger partial charge in [0.05, 0.1) is 17.7 Å². The van der Waals surface area contributed by atoms with Crippen LogP contribution in [0.1, 0.15) is 38.1 Å². The summed E-state index contributed by atoms with van der Waals surface area (Å²) in [5.41, 5.74) is 12.1. The molecule has 25 heavy (non-hydrogen) atoms. The molecule has 0 aliphatic carbocycles. The number of nitrogens with two attached hydrogens (primary N) is 2. The molecular weight excluding hydrogens is 366 g/mol. The first-order valence-corrected chi connectivity index (χ1v) is 8.29. The lowest BCUT2D eigenvalue weighted by Crippen LogP contribution is -2.11. The molecule has 0 bridgehead atoms. The quantitative estimate of drug-likeness (QED) is 0.603. The molecular formula is C16H14ClN3O4S. The Morgan fingerprint density at radius 1 is 1.28 bits per heavy atom. The molecule has 0 atom stereocenters. The van der Waals surface area contributed by atoms with Crippen LogP contribution in [0.5, 0.6) is 0 Å². The van der Waals surface area contributed by atoms with Gasteiger partial charge in [-0.3, -0.25) is 0 Å². The molecule has 4 N–H and O–H groups in total. The number of thiophene rings is 1. The van der Waals surface area contributed by atoms with Gasteiger partial charge in [0.2, 0.25) is 0 Å². The summed E-state index contributed by atoms with van der Waals surface area (Å²) in [6, 6.07) is 6.26. The number of carbonyl (C=O) groups excluding carboxylic acids is 2. The van der Waals surface area contributed by atoms with Gasteiger partial charge < -0.3 is 20.9 Å². The van der Waals surface area contributed by atoms with E-state index in [1.54, 1.807) is 6.92 Å². The Labute approximate surface area is 152 Å². The first-order chi connectivity index (χ1) is 11.9. The third-order valence-electron chi connectivity index (χ3n) is 3.19. The fraction of sp³-hybridized carbons (Fsp3) is 0.188. The molecule has 7 nitrogen and oxygen atoms in total. The normalized spacial score (nSPS) is 10.1. The number of halogens is 1. The maximum absolute atomic E-state index is 12.2. The highest BCUT2D eigenvalue weighted by Crippen LogP contribution is 2.32. The third kappa shape index (κ3) is 4.02. The lowest BCUT2D eigenvalue weighted by molar-refractivity contribution is 0.0453. The highest BCUT2D eigenvalue weighted by Gasteiger charge is 2.24. The predicted octanol–water partition coefficient (Wildman–Crippen LogP) is 2.97. The number of carbonyl (C=O) groups is 2. The number of hydrogen-bond donors (Lipinski definition) is 2. The van der Waals surface area contributed by atoms with E-state index in [1.165, 1.54) is 18.2 Å². The summed E-state index contributed by atoms with van der Waals surface area (Å²) in [5, 5.41) is 9.77. The summed E-state index contributed by atoms with van der Waals surface area (Å²) in [7, 11) is 0. The van der Waals surface area contributed by atoms with Crippen molar-refractivity contribution in [2.24, 2.45) is 0 Å². The molecule has 0 aliphatic heterocycles. The van der Waals surface area contributed by atoms with Gasteiger partial charge in [-0.25, -0.2) is 9.59 Å². The predicted molar refractivity (Wildman–Crippen MR) is 94.4 cm³/mol. The Hall–Kier alpha value is -2.76. The minimum absolute atomic E-state index is 0.0879. The van der Waals surface area contributed by atoms with E-state index in [0.29, 0.717) is 5.02 Å². The number of ether oxygens (including phenoxy) is 2. The molecule has 0 radical (unpaired) electrons. The molecule has 1 aromatic carbocycles. The van der Waals surface area contributed by atoms with Crippen molar-refractivity contribution in [3.63, 3.8) is 0 Å². The second-order valence-electron chi connectivity index (χ2n) is 4.79. The maximum Gasteiger partial charge on any atom is 0.348 e. The minimum atomic E-state index is -0.711. The molecule has 0 spiro atoms. The van der Waals surface area contributed by atoms with Crippen LogP contribution in [0.4, 0.5) is 10.7 Å². The maximum atomic E-state index is 12.2. The number of nitriles is 1. The molecule has 130 valence electrons. The minimum Gasteiger partial charge on any atom is -0.462 e. The average Bonchev–Trinajstić information content (AvgIpc) is 2.88. The fourth-order valence-electron chi connectivity index (χ4n) is 2.04. The van der Waals surface area contributed by atoms with E-state index in [1.807, 2.05) is 6.07 Å². The number of anilines is 2. The number of benzene rings is 1. The summed E-state index contributed by atoms with van der Waals surface area (Å²) < 4.78 is 10.1. The van der Waals surface area contributed by atoms with Gasteiger partial charge in [-0.05, 0) is 25.1 Å². The Morgan fingerprint density at radius 2 is 2.00 bits per heavy atom. The largest absolute Gasteiger partial charge is 0.462 e. The number of rotatable bonds is 5. The molecule has 9 heteroatoms. The van der Waals surface area contributed by atoms with Gasteiger partial charge in [-0.2, -0.15) is 5.26 Å². The number of nitrogen functional groups attached to an aromatic ring is 2. The molecule has 0 aliphatic rings. The first-order valence-electron chi connectivity index (χ1n) is 7.09. The Bertz CT molecular complexity index is 873. The fourth-order valence-corrected chi connectivity index (χ4v) is 3.14. The molecule has 1 heterocycles. The van der Waals surface area contributed by atoms with Crippen LogP contribution in [-0.2, 0) is 16.1 Å². The topological polar surface area (TPSA) is 128 Å². The summed E-state index contributed by atoms with van der Waals surface area (Å²) in [5.74, 6) is -1.34. The van der Waals surface area contributed by atoms with Gasteiger partial charge in [0.15, 0.2) is 0 Å². The van der Waals surface area contributed by atoms with E-state index in [9.17, 15) is 14.9 Å². The molecule has 0 unspecified atom stereocenters. The van der Waals surface area contributed by atoms with Crippen LogP contribution in [-0.4, -0.2) is 18.5 Å². The SMILES string of the molecule is CCOC(=O)c1sc(N)c(C#N)c1COC(=O)c1ccc(Cl)cc1N. The van der Waals surface area contributed by atoms with Crippen molar-refractivity contribution in [3.05, 3.63) is 44.8 Å². The summed E-state index contributed by atoms with van der Waals surface area (Å²) >= 11 is 6.70. The molecule has 0 fully saturated rings. The van der Waals surface area contributed by atoms with Crippen molar-refractivity contribution in [2.75, 3.05) is 18.1 Å². The zero-order valence-electron chi connectivity index (χ0n) is 13.2. The van der Waals surface area contributed by atoms with Crippen LogP contribution in [0.2, 0.25) is 5.02 Å². The summed E-state index contributed by atoms with van der Waals surface area (Å²) in [6.45, 7) is 1.51. The number of esters is 2. The lowest BCUT2D eigenvalue weighted by atomic mass is 10.1.